The number of hydrogen-bond donors (Lipinski definition) is 0. The van der Waals surface area contributed by atoms with Crippen molar-refractivity contribution in [3.63, 3.8) is 0 Å². The molecule has 0 atom stereocenters. The molecule has 9 aromatic rings. The van der Waals surface area contributed by atoms with Crippen molar-refractivity contribution in [2.45, 2.75) is 0 Å². The second kappa shape index (κ2) is 9.29. The van der Waals surface area contributed by atoms with Crippen LogP contribution in [0.1, 0.15) is 0 Å². The van der Waals surface area contributed by atoms with Crippen LogP contribution in [0.15, 0.2) is 149 Å². The van der Waals surface area contributed by atoms with Crippen LogP contribution in [0.5, 0.6) is 0 Å². The minimum atomic E-state index is 0.621. The van der Waals surface area contributed by atoms with E-state index in [1.807, 2.05) is 30.3 Å². The van der Waals surface area contributed by atoms with Crippen LogP contribution in [0.25, 0.3) is 66.0 Å². The largest absolute Gasteiger partial charge is 0.438 e. The summed E-state index contributed by atoms with van der Waals surface area (Å²) in [6.07, 6.45) is 3.53. The van der Waals surface area contributed by atoms with Gasteiger partial charge in [0.15, 0.2) is 0 Å². The number of nitrogens with zero attached hydrogens (tertiary/aromatic N) is 3. The maximum atomic E-state index is 6.23. The molecule has 0 aliphatic heterocycles. The number of pyridine rings is 2. The first kappa shape index (κ1) is 23.7. The predicted octanol–water partition coefficient (Wildman–Crippen LogP) is 10.6. The number of fused-ring (bicyclic) bond motifs is 7. The zero-order valence-electron chi connectivity index (χ0n) is 22.9. The Hall–Kier alpha value is -5.94. The number of rotatable bonds is 4. The molecule has 202 valence electrons. The molecule has 0 saturated carbocycles. The van der Waals surface area contributed by atoms with Gasteiger partial charge in [-0.1, -0.05) is 60.7 Å². The monoisotopic (exact) mass is 553 g/mol. The van der Waals surface area contributed by atoms with Crippen molar-refractivity contribution in [1.82, 2.24) is 9.97 Å². The predicted molar refractivity (Wildman–Crippen MR) is 174 cm³/mol. The van der Waals surface area contributed by atoms with Crippen molar-refractivity contribution in [2.24, 2.45) is 0 Å². The molecule has 43 heavy (non-hydrogen) atoms. The zero-order valence-corrected chi connectivity index (χ0v) is 22.9. The molecule has 4 heterocycles. The van der Waals surface area contributed by atoms with Gasteiger partial charge in [0.2, 0.25) is 11.4 Å². The summed E-state index contributed by atoms with van der Waals surface area (Å²) in [6.45, 7) is 0. The average molecular weight is 554 g/mol. The molecule has 0 unspecified atom stereocenters. The lowest BCUT2D eigenvalue weighted by Gasteiger charge is -2.27. The Balaban J connectivity index is 1.39. The van der Waals surface area contributed by atoms with Crippen LogP contribution < -0.4 is 4.90 Å². The molecule has 0 bridgehead atoms. The van der Waals surface area contributed by atoms with Gasteiger partial charge in [-0.3, -0.25) is 0 Å². The standard InChI is InChI=1S/C38H23N3O2/c1-2-9-24(10-3-1)31-23-27(21-25-11-4-5-12-28(25)31)41(26-17-18-34-32(22-26)29-13-7-19-39-37(29)42-34)33-15-6-16-35-36(33)30-14-8-20-40-38(30)43-35/h1-23H. The third-order valence-corrected chi connectivity index (χ3v) is 8.17. The highest BCUT2D eigenvalue weighted by molar-refractivity contribution is 6.14. The molecule has 0 spiro atoms. The Labute approximate surface area is 246 Å². The summed E-state index contributed by atoms with van der Waals surface area (Å²) in [5, 5.41) is 6.35. The lowest BCUT2D eigenvalue weighted by Crippen LogP contribution is -2.10. The van der Waals surface area contributed by atoms with E-state index in [4.69, 9.17) is 8.83 Å². The van der Waals surface area contributed by atoms with Gasteiger partial charge in [0.1, 0.15) is 11.2 Å². The highest BCUT2D eigenvalue weighted by atomic mass is 16.3. The van der Waals surface area contributed by atoms with Gasteiger partial charge < -0.3 is 13.7 Å². The normalized spacial score (nSPS) is 11.7. The second-order valence-electron chi connectivity index (χ2n) is 10.7. The van der Waals surface area contributed by atoms with E-state index in [-0.39, 0.29) is 0 Å². The minimum absolute atomic E-state index is 0.621. The third-order valence-electron chi connectivity index (χ3n) is 8.17. The molecule has 0 aliphatic rings. The Bertz CT molecular complexity index is 2480. The lowest BCUT2D eigenvalue weighted by atomic mass is 9.96. The fourth-order valence-electron chi connectivity index (χ4n) is 6.27. The summed E-state index contributed by atoms with van der Waals surface area (Å²) >= 11 is 0. The number of anilines is 3. The number of benzene rings is 5. The first-order valence-electron chi connectivity index (χ1n) is 14.2. The van der Waals surface area contributed by atoms with E-state index >= 15 is 0 Å². The highest BCUT2D eigenvalue weighted by Crippen LogP contribution is 2.45. The van der Waals surface area contributed by atoms with Crippen molar-refractivity contribution in [3.8, 4) is 11.1 Å². The third kappa shape index (κ3) is 3.72. The van der Waals surface area contributed by atoms with Crippen LogP contribution >= 0.6 is 0 Å². The Morgan fingerprint density at radius 3 is 2.12 bits per heavy atom. The fourth-order valence-corrected chi connectivity index (χ4v) is 6.27. The summed E-state index contributed by atoms with van der Waals surface area (Å²) in [5.74, 6) is 0. The summed E-state index contributed by atoms with van der Waals surface area (Å²) in [7, 11) is 0. The first-order chi connectivity index (χ1) is 21.3. The maximum Gasteiger partial charge on any atom is 0.227 e. The van der Waals surface area contributed by atoms with E-state index < -0.39 is 0 Å². The number of furan rings is 2. The summed E-state index contributed by atoms with van der Waals surface area (Å²) in [4.78, 5) is 11.3. The topological polar surface area (TPSA) is 55.3 Å². The summed E-state index contributed by atoms with van der Waals surface area (Å²) < 4.78 is 12.3. The van der Waals surface area contributed by atoms with Gasteiger partial charge in [-0.15, -0.1) is 0 Å². The molecule has 0 aliphatic carbocycles. The molecule has 0 fully saturated rings. The molecule has 4 aromatic heterocycles. The number of aromatic nitrogens is 2. The smallest absolute Gasteiger partial charge is 0.227 e. The van der Waals surface area contributed by atoms with Crippen LogP contribution in [0.4, 0.5) is 17.1 Å². The van der Waals surface area contributed by atoms with Crippen molar-refractivity contribution < 1.29 is 8.83 Å². The molecular weight excluding hydrogens is 530 g/mol. The van der Waals surface area contributed by atoms with Crippen molar-refractivity contribution >= 4 is 72.0 Å². The fraction of sp³-hybridized carbons (Fsp3) is 0. The minimum Gasteiger partial charge on any atom is -0.438 e. The SMILES string of the molecule is c1ccc(-c2cc(N(c3ccc4oc5ncccc5c4c3)c3cccc4oc5ncccc5c34)cc3ccccc23)cc1. The van der Waals surface area contributed by atoms with Crippen LogP contribution in [0.3, 0.4) is 0 Å². The van der Waals surface area contributed by atoms with E-state index in [2.05, 4.69) is 112 Å². The Morgan fingerprint density at radius 2 is 1.23 bits per heavy atom. The first-order valence-corrected chi connectivity index (χ1v) is 14.2. The van der Waals surface area contributed by atoms with Gasteiger partial charge in [0.25, 0.3) is 0 Å². The molecule has 5 nitrogen and oxygen atoms in total. The maximum absolute atomic E-state index is 6.23. The molecule has 9 rings (SSSR count). The summed E-state index contributed by atoms with van der Waals surface area (Å²) in [5.41, 5.74) is 8.22. The Morgan fingerprint density at radius 1 is 0.488 bits per heavy atom. The lowest BCUT2D eigenvalue weighted by molar-refractivity contribution is 0.653. The highest BCUT2D eigenvalue weighted by Gasteiger charge is 2.22. The van der Waals surface area contributed by atoms with Crippen LogP contribution in [-0.4, -0.2) is 9.97 Å². The van der Waals surface area contributed by atoms with E-state index in [0.29, 0.717) is 11.4 Å². The molecular formula is C38H23N3O2. The quantitative estimate of drug-likeness (QED) is 0.217. The van der Waals surface area contributed by atoms with Gasteiger partial charge in [-0.05, 0) is 88.6 Å². The van der Waals surface area contributed by atoms with Gasteiger partial charge >= 0.3 is 0 Å². The van der Waals surface area contributed by atoms with Gasteiger partial charge in [0, 0.05) is 34.5 Å². The van der Waals surface area contributed by atoms with Crippen molar-refractivity contribution in [2.75, 3.05) is 4.90 Å². The number of hydrogen-bond acceptors (Lipinski definition) is 5. The van der Waals surface area contributed by atoms with E-state index in [1.54, 1.807) is 12.4 Å². The van der Waals surface area contributed by atoms with E-state index in [9.17, 15) is 0 Å². The van der Waals surface area contributed by atoms with Gasteiger partial charge in [-0.25, -0.2) is 9.97 Å². The molecule has 0 radical (unpaired) electrons. The van der Waals surface area contributed by atoms with Gasteiger partial charge in [-0.2, -0.15) is 0 Å². The van der Waals surface area contributed by atoms with Crippen LogP contribution in [0, 0.1) is 0 Å². The van der Waals surface area contributed by atoms with Crippen molar-refractivity contribution in [3.05, 3.63) is 140 Å². The zero-order chi connectivity index (χ0) is 28.3. The van der Waals surface area contributed by atoms with Gasteiger partial charge in [0.05, 0.1) is 16.5 Å². The van der Waals surface area contributed by atoms with E-state index in [1.165, 1.54) is 16.5 Å². The molecule has 5 heteroatoms. The second-order valence-corrected chi connectivity index (χ2v) is 10.7. The summed E-state index contributed by atoms with van der Waals surface area (Å²) in [6, 6.07) is 44.3. The van der Waals surface area contributed by atoms with Crippen LogP contribution in [0.2, 0.25) is 0 Å². The molecule has 0 amide bonds. The molecule has 0 saturated heterocycles. The van der Waals surface area contributed by atoms with E-state index in [0.717, 1.165) is 55.2 Å². The van der Waals surface area contributed by atoms with Crippen molar-refractivity contribution in [1.29, 1.82) is 0 Å². The Kier molecular flexibility index (Phi) is 5.13. The molecule has 0 N–H and O–H groups in total. The van der Waals surface area contributed by atoms with Crippen LogP contribution in [-0.2, 0) is 0 Å². The average Bonchev–Trinajstić information content (AvgIpc) is 3.63. The molecule has 5 aromatic carbocycles.